The van der Waals surface area contributed by atoms with Crippen LogP contribution in [0.25, 0.3) is 0 Å². The van der Waals surface area contributed by atoms with E-state index in [2.05, 4.69) is 93.6 Å². The van der Waals surface area contributed by atoms with Crippen LogP contribution in [0.5, 0.6) is 0 Å². The van der Waals surface area contributed by atoms with E-state index in [9.17, 15) is 0 Å². The maximum atomic E-state index is 7.18. The van der Waals surface area contributed by atoms with Crippen LogP contribution in [0.3, 0.4) is 0 Å². The lowest BCUT2D eigenvalue weighted by molar-refractivity contribution is 0.0361. The molecule has 1 heterocycles. The van der Waals surface area contributed by atoms with E-state index in [1.54, 1.807) is 0 Å². The molecule has 2 nitrogen and oxygen atoms in total. The van der Waals surface area contributed by atoms with Gasteiger partial charge in [-0.05, 0) is 48.6 Å². The van der Waals surface area contributed by atoms with E-state index in [0.29, 0.717) is 17.8 Å². The molecule has 1 fully saturated rings. The zero-order chi connectivity index (χ0) is 21.6. The standard InChI is InChI=1S/C28H34NOP/c1-21(2)25-18-17-22(3)20-26(25)28(27-16-10-11-19-29-27)30-31(23-12-6-4-7-13-23)24-14-8-5-9-15-24/h4-16,19,21-22,25-26,28H,17-18,20H2,1-3H3/t22-,25+,26+,28+/m1/s1. The van der Waals surface area contributed by atoms with Crippen LogP contribution < -0.4 is 10.6 Å². The van der Waals surface area contributed by atoms with Crippen LogP contribution in [-0.2, 0) is 4.52 Å². The van der Waals surface area contributed by atoms with Gasteiger partial charge in [-0.2, -0.15) is 0 Å². The molecule has 3 aromatic rings. The normalized spacial score (nSPS) is 22.5. The molecule has 0 N–H and O–H groups in total. The number of benzene rings is 2. The number of pyridine rings is 1. The summed E-state index contributed by atoms with van der Waals surface area (Å²) in [5, 5.41) is 2.52. The molecule has 4 rings (SSSR count). The molecule has 1 aliphatic rings. The predicted molar refractivity (Wildman–Crippen MR) is 132 cm³/mol. The quantitative estimate of drug-likeness (QED) is 0.380. The Labute approximate surface area is 188 Å². The molecule has 0 spiro atoms. The van der Waals surface area contributed by atoms with E-state index in [4.69, 9.17) is 9.51 Å². The second kappa shape index (κ2) is 10.5. The summed E-state index contributed by atoms with van der Waals surface area (Å²) in [7, 11) is -0.931. The zero-order valence-corrected chi connectivity index (χ0v) is 19.8. The minimum atomic E-state index is -0.931. The molecular weight excluding hydrogens is 397 g/mol. The first kappa shape index (κ1) is 22.2. The van der Waals surface area contributed by atoms with Crippen LogP contribution in [0.4, 0.5) is 0 Å². The molecule has 0 radical (unpaired) electrons. The van der Waals surface area contributed by atoms with Gasteiger partial charge < -0.3 is 4.52 Å². The zero-order valence-electron chi connectivity index (χ0n) is 18.9. The lowest BCUT2D eigenvalue weighted by Crippen LogP contribution is -2.34. The van der Waals surface area contributed by atoms with Gasteiger partial charge in [-0.1, -0.05) is 93.9 Å². The fraction of sp³-hybridized carbons (Fsp3) is 0.393. The molecule has 0 saturated heterocycles. The third-order valence-corrected chi connectivity index (χ3v) is 8.61. The van der Waals surface area contributed by atoms with E-state index in [-0.39, 0.29) is 6.10 Å². The van der Waals surface area contributed by atoms with Crippen molar-refractivity contribution >= 4 is 18.8 Å². The van der Waals surface area contributed by atoms with Gasteiger partial charge in [0.25, 0.3) is 0 Å². The lowest BCUT2D eigenvalue weighted by Gasteiger charge is -2.42. The summed E-state index contributed by atoms with van der Waals surface area (Å²) in [4.78, 5) is 4.80. The third-order valence-electron chi connectivity index (χ3n) is 6.64. The number of hydrogen-bond donors (Lipinski definition) is 0. The molecular formula is C28H34NOP. The third kappa shape index (κ3) is 5.43. The molecule has 1 saturated carbocycles. The average Bonchev–Trinajstić information content (AvgIpc) is 2.81. The highest BCUT2D eigenvalue weighted by molar-refractivity contribution is 7.68. The largest absolute Gasteiger partial charge is 0.340 e. The predicted octanol–water partition coefficient (Wildman–Crippen LogP) is 6.90. The topological polar surface area (TPSA) is 22.1 Å². The van der Waals surface area contributed by atoms with Crippen molar-refractivity contribution < 1.29 is 4.52 Å². The van der Waals surface area contributed by atoms with Crippen LogP contribution in [0.15, 0.2) is 85.1 Å². The molecule has 0 amide bonds. The van der Waals surface area contributed by atoms with E-state index in [1.165, 1.54) is 29.9 Å². The molecule has 0 aliphatic heterocycles. The van der Waals surface area contributed by atoms with Crippen LogP contribution in [0.2, 0.25) is 0 Å². The van der Waals surface area contributed by atoms with Crippen LogP contribution in [-0.4, -0.2) is 4.98 Å². The minimum Gasteiger partial charge on any atom is -0.340 e. The Morgan fingerprint density at radius 2 is 1.42 bits per heavy atom. The van der Waals surface area contributed by atoms with Gasteiger partial charge in [-0.25, -0.2) is 0 Å². The monoisotopic (exact) mass is 431 g/mol. The van der Waals surface area contributed by atoms with Crippen molar-refractivity contribution in [1.82, 2.24) is 4.98 Å². The van der Waals surface area contributed by atoms with Gasteiger partial charge >= 0.3 is 0 Å². The summed E-state index contributed by atoms with van der Waals surface area (Å²) in [5.74, 6) is 2.52. The summed E-state index contributed by atoms with van der Waals surface area (Å²) in [5.41, 5.74) is 1.08. The molecule has 1 aromatic heterocycles. The Bertz CT molecular complexity index is 876. The second-order valence-electron chi connectivity index (χ2n) is 9.24. The van der Waals surface area contributed by atoms with E-state index < -0.39 is 8.15 Å². The molecule has 31 heavy (non-hydrogen) atoms. The molecule has 0 unspecified atom stereocenters. The molecule has 4 atom stereocenters. The maximum Gasteiger partial charge on any atom is 0.108 e. The van der Waals surface area contributed by atoms with Gasteiger partial charge in [0, 0.05) is 16.8 Å². The molecule has 162 valence electrons. The van der Waals surface area contributed by atoms with Crippen LogP contribution in [0, 0.1) is 23.7 Å². The number of nitrogens with zero attached hydrogens (tertiary/aromatic N) is 1. The Morgan fingerprint density at radius 1 is 0.806 bits per heavy atom. The Hall–Kier alpha value is -2.02. The van der Waals surface area contributed by atoms with E-state index in [1.807, 2.05) is 12.3 Å². The van der Waals surface area contributed by atoms with Crippen LogP contribution >= 0.6 is 8.15 Å². The minimum absolute atomic E-state index is 0.00266. The highest BCUT2D eigenvalue weighted by atomic mass is 31.1. The Morgan fingerprint density at radius 3 is 1.97 bits per heavy atom. The number of aromatic nitrogens is 1. The van der Waals surface area contributed by atoms with Gasteiger partial charge in [0.2, 0.25) is 0 Å². The van der Waals surface area contributed by atoms with Gasteiger partial charge in [0.05, 0.1) is 13.8 Å². The first-order chi connectivity index (χ1) is 15.1. The summed E-state index contributed by atoms with van der Waals surface area (Å²) in [6.07, 6.45) is 5.72. The molecule has 0 bridgehead atoms. The molecule has 3 heteroatoms. The SMILES string of the molecule is CC(C)[C@@H]1CC[C@@H](C)C[C@@H]1[C@H](OP(c1ccccc1)c1ccccc1)c1ccccn1. The highest BCUT2D eigenvalue weighted by Gasteiger charge is 2.39. The fourth-order valence-corrected chi connectivity index (χ4v) is 6.95. The van der Waals surface area contributed by atoms with E-state index in [0.717, 1.165) is 11.6 Å². The van der Waals surface area contributed by atoms with Crippen molar-refractivity contribution in [2.45, 2.75) is 46.1 Å². The first-order valence-corrected chi connectivity index (χ1v) is 12.9. The summed E-state index contributed by atoms with van der Waals surface area (Å²) >= 11 is 0. The van der Waals surface area contributed by atoms with Gasteiger partial charge in [0.15, 0.2) is 0 Å². The van der Waals surface area contributed by atoms with Crippen molar-refractivity contribution in [2.24, 2.45) is 23.7 Å². The van der Waals surface area contributed by atoms with Gasteiger partial charge in [-0.15, -0.1) is 0 Å². The van der Waals surface area contributed by atoms with E-state index >= 15 is 0 Å². The molecule has 2 aromatic carbocycles. The Balaban J connectivity index is 1.75. The van der Waals surface area contributed by atoms with Crippen molar-refractivity contribution in [3.63, 3.8) is 0 Å². The maximum absolute atomic E-state index is 7.18. The summed E-state index contributed by atoms with van der Waals surface area (Å²) in [6, 6.07) is 27.7. The van der Waals surface area contributed by atoms with Crippen molar-refractivity contribution in [2.75, 3.05) is 0 Å². The van der Waals surface area contributed by atoms with Crippen LogP contribution in [0.1, 0.15) is 51.8 Å². The van der Waals surface area contributed by atoms with Gasteiger partial charge in [0.1, 0.15) is 6.10 Å². The average molecular weight is 432 g/mol. The second-order valence-corrected chi connectivity index (χ2v) is 11.1. The Kier molecular flexibility index (Phi) is 7.54. The highest BCUT2D eigenvalue weighted by Crippen LogP contribution is 2.50. The lowest BCUT2D eigenvalue weighted by atomic mass is 9.67. The van der Waals surface area contributed by atoms with Gasteiger partial charge in [-0.3, -0.25) is 4.98 Å². The molecule has 1 aliphatic carbocycles. The first-order valence-electron chi connectivity index (χ1n) is 11.6. The fourth-order valence-electron chi connectivity index (χ4n) is 5.03. The summed E-state index contributed by atoms with van der Waals surface area (Å²) in [6.45, 7) is 7.15. The smallest absolute Gasteiger partial charge is 0.108 e. The van der Waals surface area contributed by atoms with Crippen molar-refractivity contribution in [3.05, 3.63) is 90.8 Å². The summed E-state index contributed by atoms with van der Waals surface area (Å²) < 4.78 is 7.18. The van der Waals surface area contributed by atoms with Crippen molar-refractivity contribution in [3.8, 4) is 0 Å². The number of rotatable bonds is 7. The number of hydrogen-bond acceptors (Lipinski definition) is 2. The van der Waals surface area contributed by atoms with Crippen molar-refractivity contribution in [1.29, 1.82) is 0 Å².